The molecular formula is C19H28N4O6S2. The quantitative estimate of drug-likeness (QED) is 0.473. The second-order valence-electron chi connectivity index (χ2n) is 7.34. The van der Waals surface area contributed by atoms with E-state index in [4.69, 9.17) is 4.74 Å². The van der Waals surface area contributed by atoms with Gasteiger partial charge in [0.25, 0.3) is 0 Å². The van der Waals surface area contributed by atoms with Gasteiger partial charge in [-0.05, 0) is 43.5 Å². The number of fused-ring (bicyclic) bond motifs is 1. The highest BCUT2D eigenvalue weighted by atomic mass is 32.2. The second-order valence-corrected chi connectivity index (χ2v) is 11.6. The minimum atomic E-state index is -3.71. The van der Waals surface area contributed by atoms with Crippen LogP contribution in [0.4, 0.5) is 0 Å². The lowest BCUT2D eigenvalue weighted by Crippen LogP contribution is -2.29. The number of benzene rings is 1. The normalized spacial score (nSPS) is 14.4. The lowest BCUT2D eigenvalue weighted by atomic mass is 10.2. The van der Waals surface area contributed by atoms with Gasteiger partial charge in [-0.1, -0.05) is 6.92 Å². The van der Waals surface area contributed by atoms with E-state index >= 15 is 0 Å². The van der Waals surface area contributed by atoms with Crippen molar-refractivity contribution in [3.05, 3.63) is 40.6 Å². The van der Waals surface area contributed by atoms with Crippen molar-refractivity contribution in [2.75, 3.05) is 24.7 Å². The predicted molar refractivity (Wildman–Crippen MR) is 115 cm³/mol. The summed E-state index contributed by atoms with van der Waals surface area (Å²) < 4.78 is 58.8. The number of aryl methyl sites for hydroxylation is 2. The van der Waals surface area contributed by atoms with Crippen LogP contribution in [-0.4, -0.2) is 55.8 Å². The Kier molecular flexibility index (Phi) is 7.55. The number of sulfonamides is 1. The van der Waals surface area contributed by atoms with E-state index in [-0.39, 0.29) is 35.2 Å². The number of rotatable bonds is 11. The predicted octanol–water partition coefficient (Wildman–Crippen LogP) is 0.563. The van der Waals surface area contributed by atoms with Gasteiger partial charge in [0.2, 0.25) is 10.0 Å². The van der Waals surface area contributed by atoms with E-state index in [2.05, 4.69) is 9.82 Å². The van der Waals surface area contributed by atoms with Gasteiger partial charge in [0.15, 0.2) is 9.84 Å². The fourth-order valence-corrected chi connectivity index (χ4v) is 4.96. The van der Waals surface area contributed by atoms with E-state index in [0.29, 0.717) is 25.3 Å². The molecule has 0 unspecified atom stereocenters. The van der Waals surface area contributed by atoms with Crippen LogP contribution in [0.25, 0.3) is 0 Å². The molecule has 31 heavy (non-hydrogen) atoms. The molecule has 0 radical (unpaired) electrons. The molecule has 1 aromatic carbocycles. The van der Waals surface area contributed by atoms with Crippen molar-refractivity contribution in [1.82, 2.24) is 19.1 Å². The summed E-state index contributed by atoms with van der Waals surface area (Å²) in [7, 11) is -6.82. The lowest BCUT2D eigenvalue weighted by molar-refractivity contribution is 0.340. The molecule has 1 aromatic heterocycles. The first-order valence-electron chi connectivity index (χ1n) is 10.3. The maximum absolute atomic E-state index is 12.4. The zero-order valence-corrected chi connectivity index (χ0v) is 19.1. The number of nitrogens with zero attached hydrogens (tertiary/aromatic N) is 3. The average molecular weight is 473 g/mol. The minimum absolute atomic E-state index is 0.0113. The van der Waals surface area contributed by atoms with Crippen molar-refractivity contribution in [2.45, 2.75) is 50.6 Å². The summed E-state index contributed by atoms with van der Waals surface area (Å²) in [6.45, 7) is 2.79. The first kappa shape index (κ1) is 23.5. The molecule has 3 rings (SSSR count). The lowest BCUT2D eigenvalue weighted by Gasteiger charge is -2.09. The Morgan fingerprint density at radius 3 is 2.55 bits per heavy atom. The molecule has 172 valence electrons. The topological polar surface area (TPSA) is 129 Å². The molecule has 0 saturated heterocycles. The molecule has 0 aliphatic carbocycles. The number of nitrogens with one attached hydrogen (secondary N) is 1. The van der Waals surface area contributed by atoms with Gasteiger partial charge in [-0.15, -0.1) is 0 Å². The Morgan fingerprint density at radius 2 is 1.87 bits per heavy atom. The molecule has 0 spiro atoms. The Labute approximate surface area is 182 Å². The molecule has 10 nitrogen and oxygen atoms in total. The third kappa shape index (κ3) is 6.17. The minimum Gasteiger partial charge on any atom is -0.493 e. The van der Waals surface area contributed by atoms with E-state index in [1.807, 2.05) is 0 Å². The number of hydrogen-bond donors (Lipinski definition) is 1. The van der Waals surface area contributed by atoms with Gasteiger partial charge in [-0.2, -0.15) is 5.10 Å². The maximum atomic E-state index is 12.4. The summed E-state index contributed by atoms with van der Waals surface area (Å²) in [6.07, 6.45) is 3.23. The third-order valence-electron chi connectivity index (χ3n) is 5.11. The highest BCUT2D eigenvalue weighted by molar-refractivity contribution is 7.91. The Hall–Kier alpha value is -2.18. The van der Waals surface area contributed by atoms with Crippen LogP contribution in [0.5, 0.6) is 5.75 Å². The van der Waals surface area contributed by atoms with Gasteiger partial charge in [0.1, 0.15) is 18.2 Å². The second kappa shape index (κ2) is 9.96. The van der Waals surface area contributed by atoms with Crippen molar-refractivity contribution < 1.29 is 21.6 Å². The molecular weight excluding hydrogens is 444 g/mol. The Morgan fingerprint density at radius 1 is 1.13 bits per heavy atom. The van der Waals surface area contributed by atoms with Crippen LogP contribution in [-0.2, 0) is 39.4 Å². The first-order valence-corrected chi connectivity index (χ1v) is 13.6. The standard InChI is InChI=1S/C19H28N4O6S2/c1-2-30(25,26)15-14-29-16-7-9-17(10-8-16)31(27,28)20-11-5-13-23-19(24)22-12-4-3-6-18(22)21-23/h7-10,20H,2-6,11-15H2,1H3. The molecule has 1 aliphatic rings. The van der Waals surface area contributed by atoms with Crippen molar-refractivity contribution in [1.29, 1.82) is 0 Å². The highest BCUT2D eigenvalue weighted by Gasteiger charge is 2.17. The molecule has 1 aliphatic heterocycles. The Balaban J connectivity index is 1.48. The van der Waals surface area contributed by atoms with Crippen molar-refractivity contribution in [3.63, 3.8) is 0 Å². The van der Waals surface area contributed by atoms with Gasteiger partial charge >= 0.3 is 5.69 Å². The molecule has 0 fully saturated rings. The largest absolute Gasteiger partial charge is 0.493 e. The maximum Gasteiger partial charge on any atom is 0.345 e. The van der Waals surface area contributed by atoms with Gasteiger partial charge in [-0.25, -0.2) is 31.0 Å². The van der Waals surface area contributed by atoms with E-state index in [9.17, 15) is 21.6 Å². The SMILES string of the molecule is CCS(=O)(=O)CCOc1ccc(S(=O)(=O)NCCCn2nc3n(c2=O)CCCC3)cc1. The summed E-state index contributed by atoms with van der Waals surface area (Å²) in [5.74, 6) is 1.16. The third-order valence-corrected chi connectivity index (χ3v) is 8.25. The molecule has 1 N–H and O–H groups in total. The number of aromatic nitrogens is 3. The van der Waals surface area contributed by atoms with E-state index in [1.165, 1.54) is 28.9 Å². The van der Waals surface area contributed by atoms with Gasteiger partial charge in [0.05, 0.1) is 10.6 Å². The van der Waals surface area contributed by atoms with Crippen LogP contribution in [0.15, 0.2) is 34.0 Å². The molecule has 0 saturated carbocycles. The van der Waals surface area contributed by atoms with E-state index in [1.54, 1.807) is 11.5 Å². The fraction of sp³-hybridized carbons (Fsp3) is 0.579. The first-order chi connectivity index (χ1) is 14.7. The number of sulfone groups is 1. The van der Waals surface area contributed by atoms with Crippen LogP contribution in [0.2, 0.25) is 0 Å². The smallest absolute Gasteiger partial charge is 0.345 e. The summed E-state index contributed by atoms with van der Waals surface area (Å²) in [4.78, 5) is 12.4. The number of hydrogen-bond acceptors (Lipinski definition) is 7. The van der Waals surface area contributed by atoms with Crippen molar-refractivity contribution >= 4 is 19.9 Å². The molecule has 2 heterocycles. The van der Waals surface area contributed by atoms with Crippen LogP contribution in [0, 0.1) is 0 Å². The zero-order valence-electron chi connectivity index (χ0n) is 17.5. The highest BCUT2D eigenvalue weighted by Crippen LogP contribution is 2.16. The van der Waals surface area contributed by atoms with Crippen LogP contribution in [0.1, 0.15) is 32.0 Å². The van der Waals surface area contributed by atoms with E-state index in [0.717, 1.165) is 25.1 Å². The monoisotopic (exact) mass is 472 g/mol. The summed E-state index contributed by atoms with van der Waals surface area (Å²) in [5.41, 5.74) is -0.139. The molecule has 0 amide bonds. The molecule has 0 atom stereocenters. The van der Waals surface area contributed by atoms with Gasteiger partial charge in [0, 0.05) is 31.8 Å². The summed E-state index contributed by atoms with van der Waals surface area (Å²) >= 11 is 0. The van der Waals surface area contributed by atoms with Crippen molar-refractivity contribution in [3.8, 4) is 5.75 Å². The van der Waals surface area contributed by atoms with Crippen LogP contribution >= 0.6 is 0 Å². The molecule has 12 heteroatoms. The zero-order chi connectivity index (χ0) is 22.5. The fourth-order valence-electron chi connectivity index (χ4n) is 3.26. The van der Waals surface area contributed by atoms with Crippen LogP contribution < -0.4 is 15.1 Å². The van der Waals surface area contributed by atoms with E-state index < -0.39 is 19.9 Å². The Bertz CT molecular complexity index is 1150. The molecule has 2 aromatic rings. The molecule has 0 bridgehead atoms. The summed E-state index contributed by atoms with van der Waals surface area (Å²) in [5, 5.41) is 4.34. The average Bonchev–Trinajstić information content (AvgIpc) is 3.07. The summed E-state index contributed by atoms with van der Waals surface area (Å²) in [6, 6.07) is 5.78. The number of ether oxygens (including phenoxy) is 1. The van der Waals surface area contributed by atoms with Gasteiger partial charge in [-0.3, -0.25) is 4.57 Å². The van der Waals surface area contributed by atoms with Crippen LogP contribution in [0.3, 0.4) is 0 Å². The van der Waals surface area contributed by atoms with Gasteiger partial charge < -0.3 is 4.74 Å². The van der Waals surface area contributed by atoms with Crippen molar-refractivity contribution in [2.24, 2.45) is 0 Å².